The van der Waals surface area contributed by atoms with Crippen molar-refractivity contribution in [1.82, 2.24) is 23.3 Å². The fourth-order valence-corrected chi connectivity index (χ4v) is 12.0. The first kappa shape index (κ1) is 51.7. The molecule has 0 amide bonds. The first-order valence-electron chi connectivity index (χ1n) is 26.6. The van der Waals surface area contributed by atoms with Crippen molar-refractivity contribution in [3.05, 3.63) is 205 Å². The van der Waals surface area contributed by atoms with E-state index in [-0.39, 0.29) is 37.3 Å². The van der Waals surface area contributed by atoms with Gasteiger partial charge in [0, 0.05) is 57.9 Å². The van der Waals surface area contributed by atoms with Crippen molar-refractivity contribution >= 4 is 85.6 Å². The van der Waals surface area contributed by atoms with Gasteiger partial charge in [0.25, 0.3) is 5.69 Å². The van der Waals surface area contributed by atoms with Crippen LogP contribution in [0, 0.1) is 12.1 Å². The molecule has 0 saturated carbocycles. The number of hydrogen-bond donors (Lipinski definition) is 0. The van der Waals surface area contributed by atoms with Crippen LogP contribution >= 0.6 is 0 Å². The number of fused-ring (bicyclic) bond motifs is 7. The molecule has 0 aliphatic carbocycles. The first-order valence-corrected chi connectivity index (χ1v) is 30.1. The fourth-order valence-electron chi connectivity index (χ4n) is 10.8. The maximum atomic E-state index is 6.86. The Bertz CT molecular complexity index is 4150. The Labute approximate surface area is 468 Å². The summed E-state index contributed by atoms with van der Waals surface area (Å²) in [6.45, 7) is 27.7. The van der Waals surface area contributed by atoms with Gasteiger partial charge in [-0.25, -0.2) is 4.98 Å². The number of rotatable bonds is 8. The fraction of sp³-hybridized carbons (Fsp3) is 0.217. The van der Waals surface area contributed by atoms with E-state index in [2.05, 4.69) is 270 Å². The molecule has 77 heavy (non-hydrogen) atoms. The molecule has 0 saturated heterocycles. The molecule has 0 atom stereocenters. The molecular formula is C69H65N5OPtSi+2. The van der Waals surface area contributed by atoms with Crippen LogP contribution in [0.25, 0.3) is 66.2 Å². The van der Waals surface area contributed by atoms with Crippen LogP contribution in [0.5, 0.6) is 11.5 Å². The Morgan fingerprint density at radius 3 is 1.83 bits per heavy atom. The summed E-state index contributed by atoms with van der Waals surface area (Å²) in [7, 11) is -1.62. The summed E-state index contributed by atoms with van der Waals surface area (Å²) in [5.74, 6) is 1.98. The van der Waals surface area contributed by atoms with Crippen molar-refractivity contribution in [1.29, 1.82) is 0 Å². The maximum absolute atomic E-state index is 6.86. The molecule has 3 aromatic heterocycles. The molecule has 6 nitrogen and oxygen atoms in total. The van der Waals surface area contributed by atoms with Gasteiger partial charge in [0.2, 0.25) is 5.69 Å². The molecule has 1 aliphatic heterocycles. The number of para-hydroxylation sites is 3. The number of benzene rings is 8. The second-order valence-electron chi connectivity index (χ2n) is 24.7. The van der Waals surface area contributed by atoms with E-state index in [0.717, 1.165) is 61.6 Å². The third-order valence-corrected chi connectivity index (χ3v) is 17.2. The molecule has 0 bridgehead atoms. The second-order valence-corrected chi connectivity index (χ2v) is 29.8. The van der Waals surface area contributed by atoms with Gasteiger partial charge in [-0.3, -0.25) is 0 Å². The van der Waals surface area contributed by atoms with Crippen molar-refractivity contribution in [3.8, 4) is 34.1 Å². The van der Waals surface area contributed by atoms with Gasteiger partial charge in [-0.1, -0.05) is 182 Å². The van der Waals surface area contributed by atoms with Crippen LogP contribution in [0.15, 0.2) is 176 Å². The molecule has 1 aliphatic rings. The third-order valence-electron chi connectivity index (χ3n) is 15.2. The smallest absolute Gasteiger partial charge is 0.509 e. The van der Waals surface area contributed by atoms with Crippen molar-refractivity contribution in [3.63, 3.8) is 0 Å². The minimum absolute atomic E-state index is 0. The van der Waals surface area contributed by atoms with Crippen LogP contribution < -0.4 is 19.1 Å². The van der Waals surface area contributed by atoms with Crippen molar-refractivity contribution in [2.75, 3.05) is 0 Å². The van der Waals surface area contributed by atoms with Crippen LogP contribution in [-0.2, 0) is 37.3 Å². The molecule has 384 valence electrons. The molecule has 4 heterocycles. The molecular weight excluding hydrogens is 1140 g/mol. The summed E-state index contributed by atoms with van der Waals surface area (Å²) < 4.78 is 15.9. The molecule has 12 rings (SSSR count). The number of aromatic nitrogens is 3. The third kappa shape index (κ3) is 9.33. The Hall–Kier alpha value is -7.40. The van der Waals surface area contributed by atoms with E-state index in [1.54, 1.807) is 0 Å². The van der Waals surface area contributed by atoms with Crippen molar-refractivity contribution in [2.24, 2.45) is 0 Å². The summed E-state index contributed by atoms with van der Waals surface area (Å²) in [5, 5.41) is 6.05. The molecule has 0 unspecified atom stereocenters. The van der Waals surface area contributed by atoms with Crippen LogP contribution in [-0.4, -0.2) is 28.2 Å². The van der Waals surface area contributed by atoms with Crippen LogP contribution in [0.3, 0.4) is 0 Å². The van der Waals surface area contributed by atoms with E-state index in [1.165, 1.54) is 49.2 Å². The Morgan fingerprint density at radius 1 is 0.519 bits per heavy atom. The summed E-state index contributed by atoms with van der Waals surface area (Å²) in [5.41, 5.74) is 15.2. The second kappa shape index (κ2) is 19.0. The number of hydrogen-bond acceptors (Lipinski definition) is 2. The van der Waals surface area contributed by atoms with Crippen molar-refractivity contribution < 1.29 is 25.8 Å². The zero-order valence-corrected chi connectivity index (χ0v) is 49.5. The van der Waals surface area contributed by atoms with E-state index in [9.17, 15) is 0 Å². The van der Waals surface area contributed by atoms with Gasteiger partial charge >= 0.3 is 32.8 Å². The summed E-state index contributed by atoms with van der Waals surface area (Å²) in [6.07, 6.45) is 1.92. The molecule has 8 heteroatoms. The van der Waals surface area contributed by atoms with Gasteiger partial charge < -0.3 is 13.9 Å². The van der Waals surface area contributed by atoms with E-state index < -0.39 is 8.07 Å². The normalized spacial score (nSPS) is 13.0. The predicted octanol–water partition coefficient (Wildman–Crippen LogP) is 17.6. The molecule has 0 fully saturated rings. The van der Waals surface area contributed by atoms with Crippen LogP contribution in [0.2, 0.25) is 19.6 Å². The Balaban J connectivity index is 0.00000631. The van der Waals surface area contributed by atoms with Gasteiger partial charge in [0.15, 0.2) is 0 Å². The summed E-state index contributed by atoms with van der Waals surface area (Å²) >= 11 is 0. The molecule has 0 N–H and O–H groups in total. The van der Waals surface area contributed by atoms with E-state index in [4.69, 9.17) is 9.72 Å². The summed E-state index contributed by atoms with van der Waals surface area (Å²) in [6, 6.07) is 72.9. The average molecular weight is 1200 g/mol. The molecule has 11 aromatic rings. The van der Waals surface area contributed by atoms with E-state index >= 15 is 0 Å². The number of nitrogens with zero attached hydrogens (tertiary/aromatic N) is 5. The summed E-state index contributed by atoms with van der Waals surface area (Å²) in [4.78, 5) is 5.02. The van der Waals surface area contributed by atoms with E-state index in [0.29, 0.717) is 11.5 Å². The van der Waals surface area contributed by atoms with Crippen LogP contribution in [0.1, 0.15) is 79.0 Å². The average Bonchev–Trinajstić information content (AvgIpc) is 4.13. The largest absolute Gasteiger partial charge is 2.00 e. The zero-order chi connectivity index (χ0) is 53.1. The monoisotopic (exact) mass is 1200 g/mol. The quantitative estimate of drug-likeness (QED) is 0.0864. The minimum Gasteiger partial charge on any atom is -0.509 e. The standard InChI is InChI=1S/C69H65N5OSi.Pt/c1-67(2,3)46-34-35-70-65(40-46)74-62-33-30-50(73-60-27-15-13-24-56(60)57-25-14-16-28-61(57)73)42-59(62)58-32-31-53(43-64(58)74)75-52-22-18-21-49(41-52)71-44-72(51-38-47(68(4,5)6)37-48(39-51)69(7,8)9)66-55(26-19-29-63(66)71)45-20-17-23-54(36-45)76(10,11)12;/h13-40,42H,1-12H3;/q;+2. The first-order chi connectivity index (χ1) is 36.2. The van der Waals surface area contributed by atoms with Crippen molar-refractivity contribution in [2.45, 2.75) is 98.2 Å². The van der Waals surface area contributed by atoms with Crippen LogP contribution in [0.4, 0.5) is 22.7 Å². The minimum atomic E-state index is -1.62. The molecule has 0 spiro atoms. The van der Waals surface area contributed by atoms with Gasteiger partial charge in [0.1, 0.15) is 11.5 Å². The molecule has 0 radical (unpaired) electrons. The maximum Gasteiger partial charge on any atom is 2.00 e. The topological polar surface area (TPSA) is 38.0 Å². The zero-order valence-electron chi connectivity index (χ0n) is 46.2. The Kier molecular flexibility index (Phi) is 12.7. The van der Waals surface area contributed by atoms with Gasteiger partial charge in [-0.05, 0) is 97.0 Å². The molecule has 8 aromatic carbocycles. The predicted molar refractivity (Wildman–Crippen MR) is 322 cm³/mol. The Morgan fingerprint density at radius 2 is 1.16 bits per heavy atom. The van der Waals surface area contributed by atoms with Gasteiger partial charge in [0.05, 0.1) is 24.7 Å². The number of pyridine rings is 1. The number of ether oxygens (including phenoxy) is 1. The van der Waals surface area contributed by atoms with Gasteiger partial charge in [-0.2, -0.15) is 12.1 Å². The SMILES string of the molecule is CC(C)(C)c1cc([N+]2=C=[N+](c3[c-]c(Oc4[c-]c5c(cc4)c4cc(-n6c7ccccc7c7ccccc76)ccc4n5-c4cc(C(C)(C)C)ccn4)ccc3)c3cccc(-c4cccc([Si](C)(C)C)c4)c32)cc(C(C)(C)C)c1.[Pt+2]. The van der Waals surface area contributed by atoms with Gasteiger partial charge in [-0.15, -0.1) is 23.6 Å². The van der Waals surface area contributed by atoms with E-state index in [1.807, 2.05) is 24.4 Å².